The van der Waals surface area contributed by atoms with Crippen LogP contribution in [-0.4, -0.2) is 47.4 Å². The highest BCUT2D eigenvalue weighted by Gasteiger charge is 2.20. The molecule has 0 saturated carbocycles. The Hall–Kier alpha value is -1.66. The highest BCUT2D eigenvalue weighted by molar-refractivity contribution is 5.76. The highest BCUT2D eigenvalue weighted by Crippen LogP contribution is 2.18. The van der Waals surface area contributed by atoms with Gasteiger partial charge in [0, 0.05) is 12.8 Å². The topological polar surface area (TPSA) is 95.9 Å². The van der Waals surface area contributed by atoms with Crippen LogP contribution in [0, 0.1) is 0 Å². The molecule has 2 atom stereocenters. The van der Waals surface area contributed by atoms with Crippen molar-refractivity contribution in [3.8, 4) is 0 Å². The molecule has 0 aliphatic rings. The number of carbonyl (C=O) groups excluding carboxylic acids is 2. The Morgan fingerprint density at radius 2 is 0.635 bits per heavy atom. The molecule has 0 rings (SSSR count). The fourth-order valence-electron chi connectivity index (χ4n) is 10.6. The summed E-state index contributed by atoms with van der Waals surface area (Å²) in [5.41, 5.74) is 0. The largest absolute Gasteiger partial charge is 0.466 e. The molecule has 1 amide bonds. The van der Waals surface area contributed by atoms with Crippen molar-refractivity contribution < 1.29 is 24.5 Å². The molecule has 0 spiro atoms. The SMILES string of the molecule is CCCCCCCC/C=C\CCCCCCCCCCCC(=O)OCCCCCCCCCCC/C=C\CCCCCCCCCC(=O)NC(CO)C(O)CCCCCCCCCCCCCCCCCCCC. The molecule has 6 nitrogen and oxygen atoms in total. The van der Waals surface area contributed by atoms with Crippen LogP contribution in [0.25, 0.3) is 0 Å². The van der Waals surface area contributed by atoms with Crippen molar-refractivity contribution in [2.24, 2.45) is 0 Å². The molecule has 0 fully saturated rings. The van der Waals surface area contributed by atoms with E-state index in [4.69, 9.17) is 4.74 Å². The fourth-order valence-corrected chi connectivity index (χ4v) is 10.6. The summed E-state index contributed by atoms with van der Waals surface area (Å²) in [7, 11) is 0. The second-order valence-corrected chi connectivity index (χ2v) is 23.1. The summed E-state index contributed by atoms with van der Waals surface area (Å²) >= 11 is 0. The standard InChI is InChI=1S/C68H131NO5/c1-3-5-7-9-11-13-15-17-19-21-25-30-34-38-42-46-50-54-58-62-68(73)74-63-59-55-51-47-43-39-35-31-27-24-23-26-29-33-37-41-45-49-53-57-61-67(72)69-65(64-70)66(71)60-56-52-48-44-40-36-32-28-22-20-18-16-14-12-10-8-6-4-2/h17,19,23,26,65-66,70-71H,3-16,18,20-22,24-25,27-64H2,1-2H3,(H,69,72)/b19-17-,26-23-. The number of hydrogen-bond acceptors (Lipinski definition) is 5. The molecule has 0 heterocycles. The number of ether oxygens (including phenoxy) is 1. The van der Waals surface area contributed by atoms with Gasteiger partial charge >= 0.3 is 5.97 Å². The third-order valence-corrected chi connectivity index (χ3v) is 15.7. The number of esters is 1. The normalized spacial score (nSPS) is 12.6. The Kier molecular flexibility index (Phi) is 62.4. The fraction of sp³-hybridized carbons (Fsp3) is 0.912. The number of carbonyl (C=O) groups is 2. The van der Waals surface area contributed by atoms with Gasteiger partial charge in [0.05, 0.1) is 25.4 Å². The number of aliphatic hydroxyl groups is 2. The van der Waals surface area contributed by atoms with E-state index in [2.05, 4.69) is 43.5 Å². The van der Waals surface area contributed by atoms with Crippen molar-refractivity contribution in [1.82, 2.24) is 5.32 Å². The summed E-state index contributed by atoms with van der Waals surface area (Å²) in [6, 6.07) is -0.548. The molecule has 0 aliphatic carbocycles. The second kappa shape index (κ2) is 63.9. The van der Waals surface area contributed by atoms with Crippen LogP contribution in [0.3, 0.4) is 0 Å². The van der Waals surface area contributed by atoms with Gasteiger partial charge in [0.15, 0.2) is 0 Å². The summed E-state index contributed by atoms with van der Waals surface area (Å²) in [4.78, 5) is 24.6. The van der Waals surface area contributed by atoms with Crippen LogP contribution in [-0.2, 0) is 14.3 Å². The first kappa shape index (κ1) is 72.3. The van der Waals surface area contributed by atoms with Gasteiger partial charge in [0.25, 0.3) is 0 Å². The lowest BCUT2D eigenvalue weighted by atomic mass is 10.0. The number of aliphatic hydroxyl groups excluding tert-OH is 2. The minimum atomic E-state index is -0.670. The van der Waals surface area contributed by atoms with Crippen LogP contribution in [0.4, 0.5) is 0 Å². The van der Waals surface area contributed by atoms with Crippen molar-refractivity contribution in [2.75, 3.05) is 13.2 Å². The summed E-state index contributed by atoms with van der Waals surface area (Å²) in [5, 5.41) is 23.4. The first-order chi connectivity index (χ1) is 36.5. The first-order valence-corrected chi connectivity index (χ1v) is 33.6. The zero-order valence-corrected chi connectivity index (χ0v) is 50.1. The van der Waals surface area contributed by atoms with Gasteiger partial charge in [-0.3, -0.25) is 9.59 Å². The predicted octanol–water partition coefficient (Wildman–Crippen LogP) is 21.4. The number of amides is 1. The molecule has 0 aliphatic heterocycles. The minimum absolute atomic E-state index is 0.00665. The molecule has 438 valence electrons. The maximum atomic E-state index is 12.5. The smallest absolute Gasteiger partial charge is 0.305 e. The molecule has 0 aromatic heterocycles. The number of rotatable bonds is 63. The lowest BCUT2D eigenvalue weighted by Gasteiger charge is -2.22. The average Bonchev–Trinajstić information content (AvgIpc) is 3.40. The van der Waals surface area contributed by atoms with Crippen LogP contribution in [0.1, 0.15) is 373 Å². The Bertz CT molecular complexity index is 1150. The summed E-state index contributed by atoms with van der Waals surface area (Å²) in [6.07, 6.45) is 79.1. The Morgan fingerprint density at radius 3 is 0.959 bits per heavy atom. The van der Waals surface area contributed by atoms with E-state index in [1.165, 1.54) is 295 Å². The van der Waals surface area contributed by atoms with Gasteiger partial charge in [-0.15, -0.1) is 0 Å². The number of unbranched alkanes of at least 4 members (excludes halogenated alkanes) is 48. The zero-order chi connectivity index (χ0) is 53.6. The quantitative estimate of drug-likeness (QED) is 0.0320. The molecule has 0 saturated heterocycles. The van der Waals surface area contributed by atoms with Gasteiger partial charge in [0.2, 0.25) is 5.91 Å². The third-order valence-electron chi connectivity index (χ3n) is 15.7. The summed E-state index contributed by atoms with van der Waals surface area (Å²) in [6.45, 7) is 4.97. The van der Waals surface area contributed by atoms with Crippen LogP contribution in [0.2, 0.25) is 0 Å². The maximum Gasteiger partial charge on any atom is 0.305 e. The predicted molar refractivity (Wildman–Crippen MR) is 324 cm³/mol. The van der Waals surface area contributed by atoms with Crippen LogP contribution >= 0.6 is 0 Å². The van der Waals surface area contributed by atoms with Crippen molar-refractivity contribution in [1.29, 1.82) is 0 Å². The van der Waals surface area contributed by atoms with Crippen molar-refractivity contribution >= 4 is 11.9 Å². The Labute approximate surface area is 462 Å². The summed E-state index contributed by atoms with van der Waals surface area (Å²) < 4.78 is 5.50. The lowest BCUT2D eigenvalue weighted by Crippen LogP contribution is -2.45. The van der Waals surface area contributed by atoms with E-state index < -0.39 is 12.1 Å². The Balaban J connectivity index is 3.41. The van der Waals surface area contributed by atoms with E-state index in [1.807, 2.05) is 0 Å². The molecule has 6 heteroatoms. The number of hydrogen-bond donors (Lipinski definition) is 3. The van der Waals surface area contributed by atoms with Gasteiger partial charge in [0.1, 0.15) is 0 Å². The van der Waals surface area contributed by atoms with Gasteiger partial charge in [-0.2, -0.15) is 0 Å². The molecular formula is C68H131NO5. The molecule has 0 aromatic rings. The molecule has 0 aromatic carbocycles. The van der Waals surface area contributed by atoms with Crippen LogP contribution < -0.4 is 5.32 Å². The molecule has 0 bridgehead atoms. The van der Waals surface area contributed by atoms with Crippen molar-refractivity contribution in [3.05, 3.63) is 24.3 Å². The Morgan fingerprint density at radius 1 is 0.365 bits per heavy atom. The second-order valence-electron chi connectivity index (χ2n) is 23.1. The minimum Gasteiger partial charge on any atom is -0.466 e. The molecule has 0 radical (unpaired) electrons. The van der Waals surface area contributed by atoms with Gasteiger partial charge in [-0.05, 0) is 77.0 Å². The molecule has 74 heavy (non-hydrogen) atoms. The van der Waals surface area contributed by atoms with E-state index in [1.54, 1.807) is 0 Å². The van der Waals surface area contributed by atoms with Gasteiger partial charge in [-0.1, -0.05) is 308 Å². The van der Waals surface area contributed by atoms with Crippen LogP contribution in [0.5, 0.6) is 0 Å². The summed E-state index contributed by atoms with van der Waals surface area (Å²) in [5.74, 6) is -0.0338. The number of allylic oxidation sites excluding steroid dienone is 4. The van der Waals surface area contributed by atoms with E-state index >= 15 is 0 Å². The zero-order valence-electron chi connectivity index (χ0n) is 50.1. The van der Waals surface area contributed by atoms with E-state index in [0.717, 1.165) is 44.9 Å². The molecule has 2 unspecified atom stereocenters. The van der Waals surface area contributed by atoms with Gasteiger partial charge < -0.3 is 20.3 Å². The molecular weight excluding hydrogens is 911 g/mol. The number of nitrogens with one attached hydrogen (secondary N) is 1. The van der Waals surface area contributed by atoms with E-state index in [-0.39, 0.29) is 18.5 Å². The van der Waals surface area contributed by atoms with Crippen molar-refractivity contribution in [2.45, 2.75) is 386 Å². The maximum absolute atomic E-state index is 12.5. The highest BCUT2D eigenvalue weighted by atomic mass is 16.5. The third kappa shape index (κ3) is 59.6. The van der Waals surface area contributed by atoms with E-state index in [0.29, 0.717) is 25.9 Å². The van der Waals surface area contributed by atoms with Crippen molar-refractivity contribution in [3.63, 3.8) is 0 Å². The van der Waals surface area contributed by atoms with Gasteiger partial charge in [-0.25, -0.2) is 0 Å². The first-order valence-electron chi connectivity index (χ1n) is 33.6. The average molecular weight is 1040 g/mol. The monoisotopic (exact) mass is 1040 g/mol. The van der Waals surface area contributed by atoms with Crippen LogP contribution in [0.15, 0.2) is 24.3 Å². The van der Waals surface area contributed by atoms with E-state index in [9.17, 15) is 19.8 Å². The molecule has 3 N–H and O–H groups in total. The lowest BCUT2D eigenvalue weighted by molar-refractivity contribution is -0.143.